The maximum Gasteiger partial charge on any atom is 0.262 e. The third-order valence-corrected chi connectivity index (χ3v) is 9.36. The number of hydrogen-bond donors (Lipinski definition) is 1. The fourth-order valence-corrected chi connectivity index (χ4v) is 7.10. The maximum atomic E-state index is 13.8. The second-order valence-electron chi connectivity index (χ2n) is 11.5. The van der Waals surface area contributed by atoms with Crippen molar-refractivity contribution in [2.24, 2.45) is 0 Å². The first kappa shape index (κ1) is 26.5. The summed E-state index contributed by atoms with van der Waals surface area (Å²) in [4.78, 5) is 59.3. The van der Waals surface area contributed by atoms with E-state index in [2.05, 4.69) is 5.32 Å². The Bertz CT molecular complexity index is 1750. The Balaban J connectivity index is 1.15. The van der Waals surface area contributed by atoms with E-state index in [-0.39, 0.29) is 29.8 Å². The van der Waals surface area contributed by atoms with Gasteiger partial charge in [0.05, 0.1) is 18.5 Å². The molecular weight excluding hydrogens is 528 g/mol. The standard InChI is InChI=1S/C34H32N4O4/c1-5-27(36(4)19(3)38-33(41)23-10-6-8-20-9-7-11-24(29(20)23)34(38)42)35-18(2)37-31(39)25-16-14-21-12-13-22-15-17-26(32(37)40)30(25)28(21)22/h6-11,14-19,27,35H,5,12-13H2,1-4H3. The fourth-order valence-electron chi connectivity index (χ4n) is 7.10. The van der Waals surface area contributed by atoms with Crippen LogP contribution in [0.4, 0.5) is 0 Å². The molecule has 4 aromatic carbocycles. The summed E-state index contributed by atoms with van der Waals surface area (Å²) < 4.78 is 0. The number of rotatable bonds is 7. The van der Waals surface area contributed by atoms with E-state index in [0.29, 0.717) is 34.1 Å². The van der Waals surface area contributed by atoms with Crippen molar-refractivity contribution in [3.05, 3.63) is 94.0 Å². The van der Waals surface area contributed by atoms with E-state index in [0.717, 1.165) is 29.0 Å². The van der Waals surface area contributed by atoms with Gasteiger partial charge in [-0.1, -0.05) is 43.3 Å². The minimum absolute atomic E-state index is 0.320. The number of hydrogen-bond acceptors (Lipinski definition) is 6. The Morgan fingerprint density at radius 1 is 0.690 bits per heavy atom. The normalized spacial score (nSPS) is 18.0. The van der Waals surface area contributed by atoms with Crippen LogP contribution < -0.4 is 5.32 Å². The zero-order valence-electron chi connectivity index (χ0n) is 24.1. The van der Waals surface area contributed by atoms with Crippen LogP contribution in [0.25, 0.3) is 21.5 Å². The van der Waals surface area contributed by atoms with E-state index in [1.165, 1.54) is 20.9 Å². The molecule has 42 heavy (non-hydrogen) atoms. The predicted molar refractivity (Wildman–Crippen MR) is 160 cm³/mol. The van der Waals surface area contributed by atoms with Crippen LogP contribution in [0.15, 0.2) is 60.7 Å². The van der Waals surface area contributed by atoms with Crippen LogP contribution in [0.3, 0.4) is 0 Å². The summed E-state index contributed by atoms with van der Waals surface area (Å²) in [5.74, 6) is -1.32. The van der Waals surface area contributed by atoms with Crippen molar-refractivity contribution in [3.63, 3.8) is 0 Å². The second kappa shape index (κ2) is 9.58. The van der Waals surface area contributed by atoms with Gasteiger partial charge in [0.15, 0.2) is 0 Å². The van der Waals surface area contributed by atoms with Gasteiger partial charge < -0.3 is 0 Å². The number of nitrogens with one attached hydrogen (secondary N) is 1. The SMILES string of the molecule is CCC(NC(C)N1C(=O)c2ccc3c4c(ccc(c24)C1=O)CC3)N(C)C(C)N1C(=O)c2cccc3cccc(c23)C1=O. The van der Waals surface area contributed by atoms with E-state index < -0.39 is 12.3 Å². The van der Waals surface area contributed by atoms with Crippen molar-refractivity contribution < 1.29 is 19.2 Å². The zero-order valence-corrected chi connectivity index (χ0v) is 24.1. The molecule has 212 valence electrons. The van der Waals surface area contributed by atoms with Crippen molar-refractivity contribution in [3.8, 4) is 0 Å². The van der Waals surface area contributed by atoms with E-state index in [1.54, 1.807) is 19.1 Å². The number of benzene rings is 4. The van der Waals surface area contributed by atoms with Crippen molar-refractivity contribution in [2.45, 2.75) is 58.5 Å². The molecule has 0 spiro atoms. The molecule has 3 unspecified atom stereocenters. The summed E-state index contributed by atoms with van der Waals surface area (Å²) >= 11 is 0. The van der Waals surface area contributed by atoms with Gasteiger partial charge in [-0.05, 0) is 86.3 Å². The fraction of sp³-hybridized carbons (Fsp3) is 0.294. The van der Waals surface area contributed by atoms with Crippen LogP contribution >= 0.6 is 0 Å². The van der Waals surface area contributed by atoms with Crippen molar-refractivity contribution >= 4 is 45.2 Å². The van der Waals surface area contributed by atoms with Gasteiger partial charge in [-0.2, -0.15) is 0 Å². The van der Waals surface area contributed by atoms with Crippen LogP contribution in [-0.2, 0) is 12.8 Å². The molecule has 0 fully saturated rings. The molecule has 2 heterocycles. The van der Waals surface area contributed by atoms with Crippen LogP contribution in [0.5, 0.6) is 0 Å². The van der Waals surface area contributed by atoms with Crippen LogP contribution in [0, 0.1) is 0 Å². The highest BCUT2D eigenvalue weighted by Gasteiger charge is 2.41. The second-order valence-corrected chi connectivity index (χ2v) is 11.5. The average molecular weight is 561 g/mol. The minimum Gasteiger partial charge on any atom is -0.281 e. The van der Waals surface area contributed by atoms with Crippen LogP contribution in [0.1, 0.15) is 79.8 Å². The molecule has 7 rings (SSSR count). The number of nitrogens with zero attached hydrogens (tertiary/aromatic N) is 3. The van der Waals surface area contributed by atoms with Crippen molar-refractivity contribution in [2.75, 3.05) is 7.05 Å². The van der Waals surface area contributed by atoms with E-state index in [1.807, 2.05) is 74.3 Å². The van der Waals surface area contributed by atoms with Crippen LogP contribution in [0.2, 0.25) is 0 Å². The quantitative estimate of drug-likeness (QED) is 0.255. The smallest absolute Gasteiger partial charge is 0.262 e. The van der Waals surface area contributed by atoms with E-state index in [4.69, 9.17) is 0 Å². The molecule has 0 bridgehead atoms. The lowest BCUT2D eigenvalue weighted by Gasteiger charge is -2.42. The van der Waals surface area contributed by atoms with E-state index in [9.17, 15) is 19.2 Å². The third kappa shape index (κ3) is 3.61. The first-order valence-corrected chi connectivity index (χ1v) is 14.6. The molecule has 4 amide bonds. The van der Waals surface area contributed by atoms with Crippen molar-refractivity contribution in [1.82, 2.24) is 20.0 Å². The zero-order chi connectivity index (χ0) is 29.4. The molecule has 1 aliphatic carbocycles. The summed E-state index contributed by atoms with van der Waals surface area (Å²) in [5, 5.41) is 6.82. The Morgan fingerprint density at radius 2 is 1.19 bits per heavy atom. The van der Waals surface area contributed by atoms with Gasteiger partial charge in [-0.25, -0.2) is 0 Å². The topological polar surface area (TPSA) is 90.0 Å². The Labute approximate surface area is 243 Å². The van der Waals surface area contributed by atoms with Gasteiger partial charge in [0.1, 0.15) is 0 Å². The summed E-state index contributed by atoms with van der Waals surface area (Å²) in [7, 11) is 1.84. The number of amides is 4. The van der Waals surface area contributed by atoms with Gasteiger partial charge in [0, 0.05) is 33.0 Å². The molecule has 1 N–H and O–H groups in total. The summed E-state index contributed by atoms with van der Waals surface area (Å²) in [6.07, 6.45) is 0.856. The minimum atomic E-state index is -0.639. The first-order valence-electron chi connectivity index (χ1n) is 14.6. The molecule has 0 saturated heterocycles. The number of imide groups is 2. The predicted octanol–water partition coefficient (Wildman–Crippen LogP) is 4.93. The molecule has 8 heteroatoms. The molecule has 2 aliphatic heterocycles. The molecule has 3 atom stereocenters. The molecule has 0 saturated carbocycles. The molecule has 4 aromatic rings. The first-order chi connectivity index (χ1) is 20.2. The molecule has 8 nitrogen and oxygen atoms in total. The Hall–Kier alpha value is -4.40. The molecule has 3 aliphatic rings. The van der Waals surface area contributed by atoms with Gasteiger partial charge in [-0.3, -0.25) is 39.2 Å². The summed E-state index contributed by atoms with van der Waals surface area (Å²) in [5.41, 5.74) is 4.48. The van der Waals surface area contributed by atoms with E-state index >= 15 is 0 Å². The average Bonchev–Trinajstić information content (AvgIpc) is 3.42. The largest absolute Gasteiger partial charge is 0.281 e. The summed E-state index contributed by atoms with van der Waals surface area (Å²) in [6.45, 7) is 5.61. The highest BCUT2D eigenvalue weighted by atomic mass is 16.2. The summed E-state index contributed by atoms with van der Waals surface area (Å²) in [6, 6.07) is 18.7. The molecule has 0 radical (unpaired) electrons. The highest BCUT2D eigenvalue weighted by Crippen LogP contribution is 2.39. The molecule has 0 aromatic heterocycles. The Morgan fingerprint density at radius 3 is 1.71 bits per heavy atom. The Kier molecular flexibility index (Phi) is 6.04. The van der Waals surface area contributed by atoms with Gasteiger partial charge >= 0.3 is 0 Å². The van der Waals surface area contributed by atoms with Gasteiger partial charge in [0.2, 0.25) is 0 Å². The highest BCUT2D eigenvalue weighted by molar-refractivity contribution is 6.27. The maximum absolute atomic E-state index is 13.8. The number of carbonyl (C=O) groups is 4. The lowest BCUT2D eigenvalue weighted by Crippen LogP contribution is -2.61. The van der Waals surface area contributed by atoms with Gasteiger partial charge in [-0.15, -0.1) is 0 Å². The lowest BCUT2D eigenvalue weighted by molar-refractivity contribution is 0.0153. The lowest BCUT2D eigenvalue weighted by atomic mass is 9.91. The van der Waals surface area contributed by atoms with Crippen LogP contribution in [-0.4, -0.2) is 63.9 Å². The van der Waals surface area contributed by atoms with Crippen molar-refractivity contribution in [1.29, 1.82) is 0 Å². The monoisotopic (exact) mass is 560 g/mol. The van der Waals surface area contributed by atoms with Gasteiger partial charge in [0.25, 0.3) is 23.6 Å². The third-order valence-electron chi connectivity index (χ3n) is 9.36. The number of aryl methyl sites for hydroxylation is 2. The molecular formula is C34H32N4O4. The number of carbonyl (C=O) groups excluding carboxylic acids is 4.